The maximum absolute atomic E-state index is 11.0. The maximum atomic E-state index is 11.0. The van der Waals surface area contributed by atoms with Gasteiger partial charge >= 0.3 is 0 Å². The van der Waals surface area contributed by atoms with Crippen molar-refractivity contribution in [1.82, 2.24) is 4.90 Å². The Morgan fingerprint density at radius 3 is 2.37 bits per heavy atom. The van der Waals surface area contributed by atoms with Crippen LogP contribution in [-0.2, 0) is 5.60 Å². The van der Waals surface area contributed by atoms with E-state index in [0.717, 1.165) is 29.8 Å². The van der Waals surface area contributed by atoms with Crippen molar-refractivity contribution in [3.63, 3.8) is 0 Å². The zero-order valence-electron chi connectivity index (χ0n) is 16.3. The van der Waals surface area contributed by atoms with Crippen LogP contribution in [0.15, 0.2) is 42.5 Å². The molecule has 1 heterocycles. The van der Waals surface area contributed by atoms with Crippen molar-refractivity contribution >= 4 is 0 Å². The highest BCUT2D eigenvalue weighted by Gasteiger charge is 2.34. The Bertz CT molecular complexity index is 769. The van der Waals surface area contributed by atoms with Gasteiger partial charge in [0.05, 0.1) is 25.9 Å². The molecule has 2 aromatic rings. The van der Waals surface area contributed by atoms with E-state index in [1.54, 1.807) is 14.2 Å². The Hall–Kier alpha value is -2.08. The summed E-state index contributed by atoms with van der Waals surface area (Å²) in [6.45, 7) is 4.06. The number of hydrogen-bond acceptors (Lipinski definition) is 5. The highest BCUT2D eigenvalue weighted by Crippen LogP contribution is 2.34. The highest BCUT2D eigenvalue weighted by molar-refractivity contribution is 5.43. The van der Waals surface area contributed by atoms with Crippen molar-refractivity contribution in [2.24, 2.45) is 0 Å². The summed E-state index contributed by atoms with van der Waals surface area (Å²) in [6.07, 6.45) is 0.708. The second kappa shape index (κ2) is 8.30. The van der Waals surface area contributed by atoms with Crippen LogP contribution in [0, 0.1) is 6.92 Å². The Morgan fingerprint density at radius 1 is 1.04 bits per heavy atom. The number of hydrogen-bond donors (Lipinski definition) is 2. The molecule has 0 unspecified atom stereocenters. The van der Waals surface area contributed by atoms with E-state index in [1.807, 2.05) is 43.3 Å². The molecule has 5 heteroatoms. The smallest absolute Gasteiger partial charge is 0.161 e. The average molecular weight is 371 g/mol. The van der Waals surface area contributed by atoms with Gasteiger partial charge in [0.1, 0.15) is 0 Å². The molecule has 3 rings (SSSR count). The molecule has 0 aromatic heterocycles. The van der Waals surface area contributed by atoms with E-state index in [-0.39, 0.29) is 0 Å². The lowest BCUT2D eigenvalue weighted by Crippen LogP contribution is -2.44. The first-order chi connectivity index (χ1) is 12.9. The molecular weight excluding hydrogens is 342 g/mol. The van der Waals surface area contributed by atoms with Gasteiger partial charge in [-0.2, -0.15) is 0 Å². The van der Waals surface area contributed by atoms with Crippen molar-refractivity contribution in [2.45, 2.75) is 31.5 Å². The first-order valence-electron chi connectivity index (χ1n) is 9.37. The molecule has 2 N–H and O–H groups in total. The molecule has 0 spiro atoms. The van der Waals surface area contributed by atoms with Crippen molar-refractivity contribution in [3.05, 3.63) is 59.2 Å². The van der Waals surface area contributed by atoms with Crippen LogP contribution in [0.4, 0.5) is 0 Å². The van der Waals surface area contributed by atoms with Gasteiger partial charge in [-0.25, -0.2) is 0 Å². The fourth-order valence-electron chi connectivity index (χ4n) is 3.74. The summed E-state index contributed by atoms with van der Waals surface area (Å²) in [7, 11) is 3.18. The zero-order chi connectivity index (χ0) is 19.4. The van der Waals surface area contributed by atoms with Gasteiger partial charge in [-0.1, -0.05) is 35.9 Å². The predicted molar refractivity (Wildman–Crippen MR) is 105 cm³/mol. The third kappa shape index (κ3) is 4.43. The third-order valence-corrected chi connectivity index (χ3v) is 5.46. The Morgan fingerprint density at radius 2 is 1.74 bits per heavy atom. The van der Waals surface area contributed by atoms with Gasteiger partial charge in [-0.15, -0.1) is 0 Å². The Balaban J connectivity index is 1.62. The van der Waals surface area contributed by atoms with Gasteiger partial charge in [0.2, 0.25) is 0 Å². The van der Waals surface area contributed by atoms with E-state index >= 15 is 0 Å². The Labute approximate surface area is 161 Å². The summed E-state index contributed by atoms with van der Waals surface area (Å²) in [5.74, 6) is 1.26. The lowest BCUT2D eigenvalue weighted by Gasteiger charge is -2.39. The number of aliphatic hydroxyl groups excluding tert-OH is 1. The van der Waals surface area contributed by atoms with Crippen LogP contribution in [-0.4, -0.2) is 49.0 Å². The van der Waals surface area contributed by atoms with Crippen LogP contribution >= 0.6 is 0 Å². The molecule has 1 saturated heterocycles. The van der Waals surface area contributed by atoms with E-state index in [1.165, 1.54) is 0 Å². The number of aliphatic hydroxyl groups is 2. The van der Waals surface area contributed by atoms with Gasteiger partial charge in [0, 0.05) is 19.6 Å². The molecule has 1 aliphatic rings. The summed E-state index contributed by atoms with van der Waals surface area (Å²) in [5.41, 5.74) is 2.17. The normalized spacial score (nSPS) is 18.1. The minimum Gasteiger partial charge on any atom is -0.493 e. The fraction of sp³-hybridized carbons (Fsp3) is 0.455. The minimum atomic E-state index is -0.781. The molecular formula is C22H29NO4. The molecule has 0 aliphatic carbocycles. The lowest BCUT2D eigenvalue weighted by atomic mass is 9.84. The van der Waals surface area contributed by atoms with E-state index < -0.39 is 11.7 Å². The quantitative estimate of drug-likeness (QED) is 0.817. The topological polar surface area (TPSA) is 62.2 Å². The molecule has 5 nitrogen and oxygen atoms in total. The Kier molecular flexibility index (Phi) is 6.05. The maximum Gasteiger partial charge on any atom is 0.161 e. The number of methoxy groups -OCH3 is 2. The monoisotopic (exact) mass is 371 g/mol. The van der Waals surface area contributed by atoms with Crippen LogP contribution in [0.5, 0.6) is 11.5 Å². The van der Waals surface area contributed by atoms with Crippen LogP contribution in [0.25, 0.3) is 0 Å². The number of benzene rings is 2. The molecule has 1 atom stereocenters. The minimum absolute atomic E-state index is 0.527. The molecule has 146 valence electrons. The van der Waals surface area contributed by atoms with Crippen LogP contribution < -0.4 is 9.47 Å². The SMILES string of the molecule is COc1ccc([C@H](O)CN2CCC(O)(c3cccc(C)c3)CC2)cc1OC. The third-order valence-electron chi connectivity index (χ3n) is 5.46. The average Bonchev–Trinajstić information content (AvgIpc) is 2.69. The van der Waals surface area contributed by atoms with Gasteiger partial charge in [-0.05, 0) is 43.0 Å². The standard InChI is InChI=1S/C22H29NO4/c1-16-5-4-6-18(13-16)22(25)9-11-23(12-10-22)15-19(24)17-7-8-20(26-2)21(14-17)27-3/h4-8,13-14,19,24-25H,9-12,15H2,1-3H3/t19-/m1/s1. The molecule has 0 amide bonds. The summed E-state index contributed by atoms with van der Waals surface area (Å²) in [6, 6.07) is 13.6. The van der Waals surface area contributed by atoms with Crippen LogP contribution in [0.1, 0.15) is 35.6 Å². The molecule has 27 heavy (non-hydrogen) atoms. The fourth-order valence-corrected chi connectivity index (χ4v) is 3.74. The molecule has 1 fully saturated rings. The summed E-state index contributed by atoms with van der Waals surface area (Å²) < 4.78 is 10.6. The lowest BCUT2D eigenvalue weighted by molar-refractivity contribution is -0.0345. The van der Waals surface area contributed by atoms with Crippen molar-refractivity contribution in [1.29, 1.82) is 0 Å². The van der Waals surface area contributed by atoms with E-state index in [4.69, 9.17) is 9.47 Å². The number of nitrogens with zero attached hydrogens (tertiary/aromatic N) is 1. The van der Waals surface area contributed by atoms with Crippen LogP contribution in [0.2, 0.25) is 0 Å². The summed E-state index contributed by atoms with van der Waals surface area (Å²) in [4.78, 5) is 2.20. The summed E-state index contributed by atoms with van der Waals surface area (Å²) in [5, 5.41) is 21.7. The number of ether oxygens (including phenoxy) is 2. The van der Waals surface area contributed by atoms with E-state index in [9.17, 15) is 10.2 Å². The highest BCUT2D eigenvalue weighted by atomic mass is 16.5. The number of likely N-dealkylation sites (tertiary alicyclic amines) is 1. The van der Waals surface area contributed by atoms with Crippen molar-refractivity contribution in [2.75, 3.05) is 33.9 Å². The molecule has 0 radical (unpaired) electrons. The van der Waals surface area contributed by atoms with Gasteiger partial charge in [0.15, 0.2) is 11.5 Å². The van der Waals surface area contributed by atoms with E-state index in [0.29, 0.717) is 30.9 Å². The first-order valence-corrected chi connectivity index (χ1v) is 9.37. The number of aryl methyl sites for hydroxylation is 1. The second-order valence-electron chi connectivity index (χ2n) is 7.33. The van der Waals surface area contributed by atoms with Crippen LogP contribution in [0.3, 0.4) is 0 Å². The van der Waals surface area contributed by atoms with Crippen molar-refractivity contribution in [3.8, 4) is 11.5 Å². The van der Waals surface area contributed by atoms with E-state index in [2.05, 4.69) is 11.0 Å². The van der Waals surface area contributed by atoms with Gasteiger partial charge in [-0.3, -0.25) is 0 Å². The largest absolute Gasteiger partial charge is 0.493 e. The molecule has 1 aliphatic heterocycles. The van der Waals surface area contributed by atoms with Gasteiger partial charge in [0.25, 0.3) is 0 Å². The predicted octanol–water partition coefficient (Wildman–Crippen LogP) is 3.03. The summed E-state index contributed by atoms with van der Waals surface area (Å²) >= 11 is 0. The molecule has 0 bridgehead atoms. The first kappa shape index (κ1) is 19.7. The van der Waals surface area contributed by atoms with Crippen molar-refractivity contribution < 1.29 is 19.7 Å². The zero-order valence-corrected chi connectivity index (χ0v) is 16.3. The molecule has 2 aromatic carbocycles. The number of rotatable bonds is 6. The number of β-amino-alcohol motifs (C(OH)–C–C–N with tert-alkyl or cyclic N) is 1. The van der Waals surface area contributed by atoms with Gasteiger partial charge < -0.3 is 24.6 Å². The molecule has 0 saturated carbocycles. The second-order valence-corrected chi connectivity index (χ2v) is 7.33. The number of piperidine rings is 1.